The summed E-state index contributed by atoms with van der Waals surface area (Å²) in [5.74, 6) is -0.0455. The fourth-order valence-electron chi connectivity index (χ4n) is 2.99. The molecule has 88 valence electrons. The molecular weight excluding hydrogens is 196 g/mol. The quantitative estimate of drug-likeness (QED) is 0.623. The lowest BCUT2D eigenvalue weighted by atomic mass is 9.72. The van der Waals surface area contributed by atoms with Crippen molar-refractivity contribution in [3.05, 3.63) is 0 Å². The zero-order valence-electron chi connectivity index (χ0n) is 9.26. The third kappa shape index (κ3) is 1.51. The highest BCUT2D eigenvalue weighted by molar-refractivity contribution is 5.07. The van der Waals surface area contributed by atoms with Crippen LogP contribution in [0.25, 0.3) is 0 Å². The van der Waals surface area contributed by atoms with Gasteiger partial charge in [0.1, 0.15) is 12.2 Å². The van der Waals surface area contributed by atoms with Gasteiger partial charge in [0.05, 0.1) is 17.8 Å². The molecule has 0 radical (unpaired) electrons. The number of hydrogen-bond donors (Lipinski definition) is 3. The van der Waals surface area contributed by atoms with Gasteiger partial charge in [-0.05, 0) is 19.3 Å². The highest BCUT2D eigenvalue weighted by Crippen LogP contribution is 2.46. The third-order valence-corrected chi connectivity index (χ3v) is 4.20. The third-order valence-electron chi connectivity index (χ3n) is 4.20. The first kappa shape index (κ1) is 11.3. The van der Waals surface area contributed by atoms with Crippen LogP contribution in [0.5, 0.6) is 0 Å². The Morgan fingerprint density at radius 2 is 1.80 bits per heavy atom. The van der Waals surface area contributed by atoms with Gasteiger partial charge in [-0.2, -0.15) is 0 Å². The molecule has 5 atom stereocenters. The highest BCUT2D eigenvalue weighted by atomic mass is 16.6. The summed E-state index contributed by atoms with van der Waals surface area (Å²) in [6, 6.07) is 0. The van der Waals surface area contributed by atoms with E-state index in [0.717, 1.165) is 0 Å². The van der Waals surface area contributed by atoms with Crippen LogP contribution in [0.4, 0.5) is 0 Å². The van der Waals surface area contributed by atoms with Crippen LogP contribution in [-0.2, 0) is 4.74 Å². The Hall–Kier alpha value is -0.160. The van der Waals surface area contributed by atoms with Gasteiger partial charge in [0.15, 0.2) is 0 Å². The maximum atomic E-state index is 10.4. The summed E-state index contributed by atoms with van der Waals surface area (Å²) in [7, 11) is 0. The summed E-state index contributed by atoms with van der Waals surface area (Å²) >= 11 is 0. The zero-order valence-corrected chi connectivity index (χ0v) is 9.26. The van der Waals surface area contributed by atoms with E-state index < -0.39 is 23.9 Å². The summed E-state index contributed by atoms with van der Waals surface area (Å²) in [6.45, 7) is 3.89. The Bertz CT molecular complexity index is 237. The van der Waals surface area contributed by atoms with Crippen LogP contribution in [0.2, 0.25) is 0 Å². The molecule has 2 fully saturated rings. The van der Waals surface area contributed by atoms with Crippen molar-refractivity contribution >= 4 is 0 Å². The number of fused-ring (bicyclic) bond motifs is 2. The molecule has 0 aliphatic carbocycles. The number of ether oxygens (including phenoxy) is 1. The van der Waals surface area contributed by atoms with Crippen molar-refractivity contribution < 1.29 is 20.1 Å². The molecule has 0 aromatic rings. The van der Waals surface area contributed by atoms with Crippen LogP contribution in [0.3, 0.4) is 0 Å². The molecule has 2 bridgehead atoms. The van der Waals surface area contributed by atoms with Crippen LogP contribution in [0.15, 0.2) is 0 Å². The van der Waals surface area contributed by atoms with Crippen molar-refractivity contribution in [1.82, 2.24) is 0 Å². The fourth-order valence-corrected chi connectivity index (χ4v) is 2.99. The van der Waals surface area contributed by atoms with Gasteiger partial charge in [0, 0.05) is 5.92 Å². The molecule has 2 aliphatic rings. The lowest BCUT2D eigenvalue weighted by Crippen LogP contribution is -2.50. The summed E-state index contributed by atoms with van der Waals surface area (Å²) < 4.78 is 5.50. The first-order valence-corrected chi connectivity index (χ1v) is 5.77. The molecule has 5 unspecified atom stereocenters. The smallest absolute Gasteiger partial charge is 0.109 e. The summed E-state index contributed by atoms with van der Waals surface area (Å²) in [4.78, 5) is 0. The first-order chi connectivity index (χ1) is 7.03. The molecule has 4 heteroatoms. The van der Waals surface area contributed by atoms with E-state index in [4.69, 9.17) is 4.74 Å². The topological polar surface area (TPSA) is 69.9 Å². The van der Waals surface area contributed by atoms with Crippen LogP contribution in [0, 0.1) is 5.92 Å². The van der Waals surface area contributed by atoms with Crippen molar-refractivity contribution in [3.8, 4) is 0 Å². The van der Waals surface area contributed by atoms with Gasteiger partial charge in [-0.1, -0.05) is 13.8 Å². The Kier molecular flexibility index (Phi) is 2.79. The number of aliphatic hydroxyl groups excluding tert-OH is 2. The van der Waals surface area contributed by atoms with E-state index in [-0.39, 0.29) is 12.0 Å². The van der Waals surface area contributed by atoms with Gasteiger partial charge >= 0.3 is 0 Å². The van der Waals surface area contributed by atoms with Crippen molar-refractivity contribution in [2.45, 2.75) is 63.1 Å². The lowest BCUT2D eigenvalue weighted by Gasteiger charge is -2.38. The average Bonchev–Trinajstić information content (AvgIpc) is 2.79. The van der Waals surface area contributed by atoms with Crippen molar-refractivity contribution in [2.75, 3.05) is 0 Å². The molecule has 2 saturated heterocycles. The average molecular weight is 216 g/mol. The molecule has 2 heterocycles. The molecule has 0 saturated carbocycles. The second-order valence-electron chi connectivity index (χ2n) is 4.77. The van der Waals surface area contributed by atoms with E-state index in [9.17, 15) is 15.3 Å². The molecule has 4 nitrogen and oxygen atoms in total. The van der Waals surface area contributed by atoms with Crippen molar-refractivity contribution in [3.63, 3.8) is 0 Å². The van der Waals surface area contributed by atoms with E-state index in [0.29, 0.717) is 19.3 Å². The summed E-state index contributed by atoms with van der Waals surface area (Å²) in [5.41, 5.74) is -0.763. The number of aliphatic hydroxyl groups is 3. The second kappa shape index (κ2) is 3.70. The van der Waals surface area contributed by atoms with Gasteiger partial charge < -0.3 is 20.1 Å². The van der Waals surface area contributed by atoms with Crippen LogP contribution in [0.1, 0.15) is 33.1 Å². The van der Waals surface area contributed by atoms with E-state index in [1.54, 1.807) is 0 Å². The van der Waals surface area contributed by atoms with Crippen molar-refractivity contribution in [1.29, 1.82) is 0 Å². The molecular formula is C11H20O4. The largest absolute Gasteiger partial charge is 0.390 e. The molecule has 0 amide bonds. The minimum Gasteiger partial charge on any atom is -0.390 e. The fraction of sp³-hybridized carbons (Fsp3) is 1.00. The van der Waals surface area contributed by atoms with E-state index >= 15 is 0 Å². The minimum absolute atomic E-state index is 0.0455. The van der Waals surface area contributed by atoms with Gasteiger partial charge in [-0.25, -0.2) is 0 Å². The Morgan fingerprint density at radius 3 is 2.20 bits per heavy atom. The van der Waals surface area contributed by atoms with Gasteiger partial charge in [-0.15, -0.1) is 0 Å². The zero-order chi connectivity index (χ0) is 11.2. The predicted molar refractivity (Wildman–Crippen MR) is 54.3 cm³/mol. The van der Waals surface area contributed by atoms with Gasteiger partial charge in [0.2, 0.25) is 0 Å². The predicted octanol–water partition coefficient (Wildman–Crippen LogP) is 0.0466. The Morgan fingerprint density at radius 1 is 1.20 bits per heavy atom. The van der Waals surface area contributed by atoms with E-state index in [1.165, 1.54) is 0 Å². The highest BCUT2D eigenvalue weighted by Gasteiger charge is 2.58. The van der Waals surface area contributed by atoms with E-state index in [1.807, 2.05) is 13.8 Å². The first-order valence-electron chi connectivity index (χ1n) is 5.77. The molecule has 15 heavy (non-hydrogen) atoms. The molecule has 0 aromatic heterocycles. The summed E-state index contributed by atoms with van der Waals surface area (Å²) in [6.07, 6.45) is -0.328. The lowest BCUT2D eigenvalue weighted by molar-refractivity contribution is -0.0888. The molecule has 3 N–H and O–H groups in total. The van der Waals surface area contributed by atoms with Crippen LogP contribution < -0.4 is 0 Å². The monoisotopic (exact) mass is 216 g/mol. The maximum Gasteiger partial charge on any atom is 0.109 e. The Labute approximate surface area is 89.9 Å². The molecule has 2 aliphatic heterocycles. The minimum atomic E-state index is -0.835. The van der Waals surface area contributed by atoms with Gasteiger partial charge in [-0.3, -0.25) is 0 Å². The number of rotatable bonds is 3. The Balaban J connectivity index is 2.15. The molecule has 0 spiro atoms. The van der Waals surface area contributed by atoms with E-state index in [2.05, 4.69) is 0 Å². The van der Waals surface area contributed by atoms with Crippen LogP contribution in [-0.4, -0.2) is 45.3 Å². The molecule has 0 aromatic carbocycles. The van der Waals surface area contributed by atoms with Crippen molar-refractivity contribution in [2.24, 2.45) is 5.92 Å². The molecule has 2 rings (SSSR count). The SMILES string of the molecule is CCC(O)(CC)C1CC2OC1C(O)C2O. The second-order valence-corrected chi connectivity index (χ2v) is 4.77. The standard InChI is InChI=1S/C11H20O4/c1-3-11(14,4-2)6-5-7-8(12)9(13)10(6)15-7/h6-10,12-14H,3-5H2,1-2H3. The normalized spacial score (nSPS) is 45.0. The number of hydrogen-bond acceptors (Lipinski definition) is 4. The van der Waals surface area contributed by atoms with Crippen LogP contribution >= 0.6 is 0 Å². The van der Waals surface area contributed by atoms with Gasteiger partial charge in [0.25, 0.3) is 0 Å². The summed E-state index contributed by atoms with van der Waals surface area (Å²) in [5, 5.41) is 29.7. The maximum absolute atomic E-state index is 10.4.